The average molecular weight is 248 g/mol. The van der Waals surface area contributed by atoms with Crippen LogP contribution in [0.1, 0.15) is 18.1 Å². The van der Waals surface area contributed by atoms with E-state index >= 15 is 0 Å². The van der Waals surface area contributed by atoms with Crippen molar-refractivity contribution in [3.63, 3.8) is 0 Å². The van der Waals surface area contributed by atoms with Crippen LogP contribution in [-0.4, -0.2) is 23.9 Å². The van der Waals surface area contributed by atoms with Gasteiger partial charge < -0.3 is 0 Å². The number of rotatable bonds is 5. The normalized spacial score (nSPS) is 10.1. The zero-order chi connectivity index (χ0) is 10.4. The minimum absolute atomic E-state index is 0. The average Bonchev–Trinajstić information content (AvgIpc) is 2.17. The first-order valence-electron chi connectivity index (χ1n) is 5.10. The van der Waals surface area contributed by atoms with Crippen LogP contribution in [0.2, 0.25) is 0 Å². The summed E-state index contributed by atoms with van der Waals surface area (Å²) in [6.45, 7) is 7.32. The first-order valence-corrected chi connectivity index (χ1v) is 5.63. The first-order chi connectivity index (χ1) is 6.76. The molecule has 0 aliphatic rings. The van der Waals surface area contributed by atoms with Crippen molar-refractivity contribution in [1.82, 2.24) is 4.90 Å². The zero-order valence-electron chi connectivity index (χ0n) is 9.37. The highest BCUT2D eigenvalue weighted by molar-refractivity contribution is 6.18. The van der Waals surface area contributed by atoms with Crippen LogP contribution in [0.4, 0.5) is 0 Å². The lowest BCUT2D eigenvalue weighted by Gasteiger charge is -2.19. The summed E-state index contributed by atoms with van der Waals surface area (Å²) in [6, 6.07) is 8.64. The number of nitrogens with zero attached hydrogens (tertiary/aromatic N) is 1. The van der Waals surface area contributed by atoms with Crippen molar-refractivity contribution in [2.45, 2.75) is 20.4 Å². The Balaban J connectivity index is 0.00000196. The van der Waals surface area contributed by atoms with Gasteiger partial charge in [-0.3, -0.25) is 4.90 Å². The lowest BCUT2D eigenvalue weighted by molar-refractivity contribution is 0.297. The molecule has 0 radical (unpaired) electrons. The van der Waals surface area contributed by atoms with Gasteiger partial charge in [-0.25, -0.2) is 0 Å². The van der Waals surface area contributed by atoms with Gasteiger partial charge in [0.25, 0.3) is 0 Å². The van der Waals surface area contributed by atoms with Crippen LogP contribution in [0.25, 0.3) is 0 Å². The highest BCUT2D eigenvalue weighted by Crippen LogP contribution is 2.07. The van der Waals surface area contributed by atoms with E-state index in [4.69, 9.17) is 11.6 Å². The predicted octanol–water partition coefficient (Wildman–Crippen LogP) is 3.48. The second kappa shape index (κ2) is 7.98. The molecule has 0 aromatic heterocycles. The van der Waals surface area contributed by atoms with Gasteiger partial charge in [-0.1, -0.05) is 36.8 Å². The fourth-order valence-corrected chi connectivity index (χ4v) is 1.78. The number of benzene rings is 1. The monoisotopic (exact) mass is 247 g/mol. The van der Waals surface area contributed by atoms with E-state index in [0.29, 0.717) is 5.88 Å². The smallest absolute Gasteiger partial charge is 0.0351 e. The molecule has 0 N–H and O–H groups in total. The van der Waals surface area contributed by atoms with Crippen molar-refractivity contribution in [1.29, 1.82) is 0 Å². The fraction of sp³-hybridized carbons (Fsp3) is 0.500. The summed E-state index contributed by atoms with van der Waals surface area (Å²) in [5.41, 5.74) is 2.70. The Morgan fingerprint density at radius 1 is 1.33 bits per heavy atom. The van der Waals surface area contributed by atoms with E-state index in [1.165, 1.54) is 11.1 Å². The highest BCUT2D eigenvalue weighted by Gasteiger charge is 2.02. The van der Waals surface area contributed by atoms with Crippen molar-refractivity contribution >= 4 is 24.0 Å². The molecule has 1 aromatic carbocycles. The van der Waals surface area contributed by atoms with E-state index in [1.807, 2.05) is 0 Å². The van der Waals surface area contributed by atoms with E-state index in [1.54, 1.807) is 0 Å². The Labute approximate surface area is 104 Å². The predicted molar refractivity (Wildman–Crippen MR) is 70.1 cm³/mol. The molecule has 3 heteroatoms. The molecule has 0 fully saturated rings. The summed E-state index contributed by atoms with van der Waals surface area (Å²) < 4.78 is 0. The van der Waals surface area contributed by atoms with Crippen LogP contribution >= 0.6 is 24.0 Å². The Hall–Kier alpha value is -0.240. The van der Waals surface area contributed by atoms with Crippen molar-refractivity contribution in [3.8, 4) is 0 Å². The van der Waals surface area contributed by atoms with Gasteiger partial charge in [0.2, 0.25) is 0 Å². The first kappa shape index (κ1) is 14.8. The van der Waals surface area contributed by atoms with E-state index in [2.05, 4.69) is 43.0 Å². The van der Waals surface area contributed by atoms with Gasteiger partial charge in [-0.15, -0.1) is 24.0 Å². The Kier molecular flexibility index (Phi) is 7.85. The second-order valence-corrected chi connectivity index (χ2v) is 3.92. The maximum Gasteiger partial charge on any atom is 0.0351 e. The number of alkyl halides is 1. The van der Waals surface area contributed by atoms with Crippen molar-refractivity contribution in [3.05, 3.63) is 35.4 Å². The lowest BCUT2D eigenvalue weighted by atomic mass is 10.1. The molecule has 0 saturated carbocycles. The summed E-state index contributed by atoms with van der Waals surface area (Å²) in [4.78, 5) is 2.35. The molecule has 86 valence electrons. The van der Waals surface area contributed by atoms with E-state index < -0.39 is 0 Å². The SMILES string of the molecule is CCN(CCCl)Cc1cccc(C)c1.Cl. The molecule has 0 aliphatic carbocycles. The summed E-state index contributed by atoms with van der Waals surface area (Å²) in [6.07, 6.45) is 0. The molecule has 15 heavy (non-hydrogen) atoms. The molecule has 0 atom stereocenters. The molecule has 1 aromatic rings. The number of aryl methyl sites for hydroxylation is 1. The van der Waals surface area contributed by atoms with Crippen LogP contribution in [0.15, 0.2) is 24.3 Å². The third-order valence-electron chi connectivity index (χ3n) is 2.34. The van der Waals surface area contributed by atoms with Crippen molar-refractivity contribution in [2.75, 3.05) is 19.0 Å². The third-order valence-corrected chi connectivity index (χ3v) is 2.51. The summed E-state index contributed by atoms with van der Waals surface area (Å²) in [5.74, 6) is 0.708. The Morgan fingerprint density at radius 2 is 2.07 bits per heavy atom. The minimum atomic E-state index is 0. The topological polar surface area (TPSA) is 3.24 Å². The quantitative estimate of drug-likeness (QED) is 0.721. The summed E-state index contributed by atoms with van der Waals surface area (Å²) >= 11 is 5.73. The van der Waals surface area contributed by atoms with Gasteiger partial charge in [0.15, 0.2) is 0 Å². The molecule has 0 amide bonds. The van der Waals surface area contributed by atoms with Crippen LogP contribution < -0.4 is 0 Å². The van der Waals surface area contributed by atoms with Gasteiger partial charge in [0.05, 0.1) is 0 Å². The fourth-order valence-electron chi connectivity index (χ4n) is 1.54. The minimum Gasteiger partial charge on any atom is -0.298 e. The van der Waals surface area contributed by atoms with E-state index in [0.717, 1.165) is 19.6 Å². The summed E-state index contributed by atoms with van der Waals surface area (Å²) in [7, 11) is 0. The molecule has 0 spiro atoms. The molecule has 0 bridgehead atoms. The molecule has 0 saturated heterocycles. The van der Waals surface area contributed by atoms with Crippen LogP contribution in [0.5, 0.6) is 0 Å². The largest absolute Gasteiger partial charge is 0.298 e. The van der Waals surface area contributed by atoms with Crippen molar-refractivity contribution < 1.29 is 0 Å². The Bertz CT molecular complexity index is 276. The third kappa shape index (κ3) is 5.41. The molecular weight excluding hydrogens is 229 g/mol. The number of hydrogen-bond acceptors (Lipinski definition) is 1. The maximum absolute atomic E-state index is 5.73. The van der Waals surface area contributed by atoms with Gasteiger partial charge >= 0.3 is 0 Å². The van der Waals surface area contributed by atoms with Crippen molar-refractivity contribution in [2.24, 2.45) is 0 Å². The molecule has 0 aliphatic heterocycles. The van der Waals surface area contributed by atoms with Gasteiger partial charge in [-0.2, -0.15) is 0 Å². The summed E-state index contributed by atoms with van der Waals surface area (Å²) in [5, 5.41) is 0. The lowest BCUT2D eigenvalue weighted by Crippen LogP contribution is -2.24. The van der Waals surface area contributed by atoms with Gasteiger partial charge in [0, 0.05) is 19.0 Å². The van der Waals surface area contributed by atoms with E-state index in [-0.39, 0.29) is 12.4 Å². The van der Waals surface area contributed by atoms with Gasteiger partial charge in [0.1, 0.15) is 0 Å². The van der Waals surface area contributed by atoms with Gasteiger partial charge in [-0.05, 0) is 19.0 Å². The molecule has 1 rings (SSSR count). The van der Waals surface area contributed by atoms with E-state index in [9.17, 15) is 0 Å². The van der Waals surface area contributed by atoms with Crippen LogP contribution in [0.3, 0.4) is 0 Å². The maximum atomic E-state index is 5.73. The molecule has 1 nitrogen and oxygen atoms in total. The Morgan fingerprint density at radius 3 is 2.60 bits per heavy atom. The molecule has 0 heterocycles. The zero-order valence-corrected chi connectivity index (χ0v) is 10.9. The number of hydrogen-bond donors (Lipinski definition) is 0. The number of halogens is 2. The van der Waals surface area contributed by atoms with Crippen LogP contribution in [-0.2, 0) is 6.54 Å². The second-order valence-electron chi connectivity index (χ2n) is 3.55. The molecule has 0 unspecified atom stereocenters. The highest BCUT2D eigenvalue weighted by atomic mass is 35.5. The molecular formula is C12H19Cl2N. The standard InChI is InChI=1S/C12H18ClN.ClH/c1-3-14(8-7-13)10-12-6-4-5-11(2)9-12;/h4-6,9H,3,7-8,10H2,1-2H3;1H. The van der Waals surface area contributed by atoms with Crippen LogP contribution in [0, 0.1) is 6.92 Å².